The Bertz CT molecular complexity index is 666. The van der Waals surface area contributed by atoms with E-state index in [9.17, 15) is 5.11 Å². The number of ether oxygens (including phenoxy) is 1. The average Bonchev–Trinajstić information content (AvgIpc) is 3.00. The van der Waals surface area contributed by atoms with Gasteiger partial charge < -0.3 is 20.9 Å². The molecule has 1 heterocycles. The third-order valence-electron chi connectivity index (χ3n) is 3.96. The van der Waals surface area contributed by atoms with E-state index in [0.717, 1.165) is 19.3 Å². The monoisotopic (exact) mass is 334 g/mol. The van der Waals surface area contributed by atoms with Crippen molar-refractivity contribution in [2.45, 2.75) is 25.3 Å². The topological polar surface area (TPSA) is 93.3 Å². The number of aliphatic hydroxyl groups is 1. The van der Waals surface area contributed by atoms with Crippen molar-refractivity contribution < 1.29 is 9.84 Å². The standard InChI is InChI=1S/C16H19ClN4O2/c17-11-2-5-13(6-3-11)23-14-8-19-16(18)21-15(14)20-12-4-1-10(7-12)9-22/h2-3,5-6,8,10,12,22H,1,4,7,9H2,(H3,18,19,20,21)/t10-,12+/m0/s1. The number of nitrogens with one attached hydrogen (secondary N) is 1. The van der Waals surface area contributed by atoms with Gasteiger partial charge in [0.15, 0.2) is 11.6 Å². The number of hydrogen-bond donors (Lipinski definition) is 3. The lowest BCUT2D eigenvalue weighted by molar-refractivity contribution is 0.229. The third-order valence-corrected chi connectivity index (χ3v) is 4.21. The molecular weight excluding hydrogens is 316 g/mol. The van der Waals surface area contributed by atoms with E-state index in [1.807, 2.05) is 0 Å². The van der Waals surface area contributed by atoms with Gasteiger partial charge in [0.1, 0.15) is 5.75 Å². The predicted octanol–water partition coefficient (Wildman–Crippen LogP) is 3.08. The predicted molar refractivity (Wildman–Crippen MR) is 89.8 cm³/mol. The fraction of sp³-hybridized carbons (Fsp3) is 0.375. The molecule has 1 aromatic carbocycles. The van der Waals surface area contributed by atoms with Crippen molar-refractivity contribution in [2.75, 3.05) is 17.7 Å². The number of halogens is 1. The molecule has 0 spiro atoms. The van der Waals surface area contributed by atoms with Gasteiger partial charge in [-0.1, -0.05) is 11.6 Å². The summed E-state index contributed by atoms with van der Waals surface area (Å²) in [5.74, 6) is 2.25. The molecule has 2 atom stereocenters. The molecule has 122 valence electrons. The second-order valence-corrected chi connectivity index (χ2v) is 6.14. The minimum absolute atomic E-state index is 0.188. The van der Waals surface area contributed by atoms with Gasteiger partial charge in [0, 0.05) is 17.7 Å². The molecule has 2 aromatic rings. The smallest absolute Gasteiger partial charge is 0.222 e. The van der Waals surface area contributed by atoms with Crippen molar-refractivity contribution in [3.8, 4) is 11.5 Å². The van der Waals surface area contributed by atoms with Crippen LogP contribution in [0.15, 0.2) is 30.5 Å². The Hall–Kier alpha value is -2.05. The second kappa shape index (κ2) is 7.02. The van der Waals surface area contributed by atoms with Crippen LogP contribution in [0.3, 0.4) is 0 Å². The largest absolute Gasteiger partial charge is 0.452 e. The van der Waals surface area contributed by atoms with E-state index in [2.05, 4.69) is 15.3 Å². The van der Waals surface area contributed by atoms with Crippen LogP contribution in [0.2, 0.25) is 5.02 Å². The molecule has 4 N–H and O–H groups in total. The maximum Gasteiger partial charge on any atom is 0.222 e. The van der Waals surface area contributed by atoms with E-state index >= 15 is 0 Å². The van der Waals surface area contributed by atoms with Gasteiger partial charge in [-0.15, -0.1) is 0 Å². The van der Waals surface area contributed by atoms with Gasteiger partial charge in [-0.05, 0) is 49.4 Å². The lowest BCUT2D eigenvalue weighted by Gasteiger charge is -2.16. The second-order valence-electron chi connectivity index (χ2n) is 5.70. The summed E-state index contributed by atoms with van der Waals surface area (Å²) in [6, 6.07) is 7.31. The Balaban J connectivity index is 1.76. The lowest BCUT2D eigenvalue weighted by Crippen LogP contribution is -2.18. The zero-order valence-electron chi connectivity index (χ0n) is 12.6. The molecule has 0 saturated heterocycles. The van der Waals surface area contributed by atoms with Crippen LogP contribution in [0, 0.1) is 5.92 Å². The molecule has 3 rings (SSSR count). The Morgan fingerprint density at radius 3 is 2.78 bits per heavy atom. The van der Waals surface area contributed by atoms with Gasteiger partial charge in [0.25, 0.3) is 0 Å². The summed E-state index contributed by atoms with van der Waals surface area (Å²) in [4.78, 5) is 8.24. The molecule has 0 radical (unpaired) electrons. The SMILES string of the molecule is Nc1ncc(Oc2ccc(Cl)cc2)c(N[C@@H]2CC[C@H](CO)C2)n1. The first-order chi connectivity index (χ1) is 11.1. The molecule has 1 aliphatic rings. The number of nitrogens with two attached hydrogens (primary N) is 1. The number of aromatic nitrogens is 2. The summed E-state index contributed by atoms with van der Waals surface area (Å²) in [5.41, 5.74) is 5.69. The molecule has 0 bridgehead atoms. The summed E-state index contributed by atoms with van der Waals surface area (Å²) in [6.45, 7) is 0.220. The molecular formula is C16H19ClN4O2. The Labute approximate surface area is 139 Å². The van der Waals surface area contributed by atoms with Crippen LogP contribution in [0.25, 0.3) is 0 Å². The highest BCUT2D eigenvalue weighted by atomic mass is 35.5. The van der Waals surface area contributed by atoms with Gasteiger partial charge >= 0.3 is 0 Å². The molecule has 0 amide bonds. The number of rotatable bonds is 5. The van der Waals surface area contributed by atoms with Crippen molar-refractivity contribution in [3.63, 3.8) is 0 Å². The molecule has 23 heavy (non-hydrogen) atoms. The number of benzene rings is 1. The average molecular weight is 335 g/mol. The van der Waals surface area contributed by atoms with Gasteiger partial charge in [0.05, 0.1) is 6.20 Å². The van der Waals surface area contributed by atoms with Gasteiger partial charge in [-0.3, -0.25) is 0 Å². The summed E-state index contributed by atoms with van der Waals surface area (Å²) in [5, 5.41) is 13.3. The van der Waals surface area contributed by atoms with E-state index in [-0.39, 0.29) is 18.6 Å². The van der Waals surface area contributed by atoms with Crippen LogP contribution < -0.4 is 15.8 Å². The highest BCUT2D eigenvalue weighted by Gasteiger charge is 2.25. The normalized spacial score (nSPS) is 20.4. The summed E-state index contributed by atoms with van der Waals surface area (Å²) in [6.07, 6.45) is 4.44. The summed E-state index contributed by atoms with van der Waals surface area (Å²) in [7, 11) is 0. The van der Waals surface area contributed by atoms with Crippen molar-refractivity contribution >= 4 is 23.4 Å². The van der Waals surface area contributed by atoms with Gasteiger partial charge in [-0.2, -0.15) is 4.98 Å². The molecule has 1 aliphatic carbocycles. The van der Waals surface area contributed by atoms with Crippen molar-refractivity contribution in [2.24, 2.45) is 5.92 Å². The fourth-order valence-corrected chi connectivity index (χ4v) is 2.88. The maximum absolute atomic E-state index is 9.26. The molecule has 1 saturated carbocycles. The lowest BCUT2D eigenvalue weighted by atomic mass is 10.1. The minimum Gasteiger partial charge on any atom is -0.452 e. The quantitative estimate of drug-likeness (QED) is 0.778. The highest BCUT2D eigenvalue weighted by Crippen LogP contribution is 2.32. The maximum atomic E-state index is 9.26. The van der Waals surface area contributed by atoms with Crippen LogP contribution in [0.5, 0.6) is 11.5 Å². The van der Waals surface area contributed by atoms with E-state index < -0.39 is 0 Å². The summed E-state index contributed by atoms with van der Waals surface area (Å²) >= 11 is 5.88. The zero-order chi connectivity index (χ0) is 16.2. The first-order valence-corrected chi connectivity index (χ1v) is 7.95. The van der Waals surface area contributed by atoms with Crippen molar-refractivity contribution in [3.05, 3.63) is 35.5 Å². The van der Waals surface area contributed by atoms with Crippen LogP contribution in [-0.2, 0) is 0 Å². The number of hydrogen-bond acceptors (Lipinski definition) is 6. The Kier molecular flexibility index (Phi) is 4.83. The van der Waals surface area contributed by atoms with Crippen LogP contribution in [0.1, 0.15) is 19.3 Å². The number of aliphatic hydroxyl groups excluding tert-OH is 1. The summed E-state index contributed by atoms with van der Waals surface area (Å²) < 4.78 is 5.83. The van der Waals surface area contributed by atoms with Gasteiger partial charge in [0.2, 0.25) is 5.95 Å². The number of nitrogens with zero attached hydrogens (tertiary/aromatic N) is 2. The minimum atomic E-state index is 0.188. The Morgan fingerprint density at radius 1 is 1.30 bits per heavy atom. The van der Waals surface area contributed by atoms with E-state index in [0.29, 0.717) is 28.3 Å². The number of anilines is 2. The molecule has 0 unspecified atom stereocenters. The molecule has 6 nitrogen and oxygen atoms in total. The number of nitrogen functional groups attached to an aromatic ring is 1. The molecule has 7 heteroatoms. The first kappa shape index (κ1) is 15.8. The van der Waals surface area contributed by atoms with Crippen molar-refractivity contribution in [1.82, 2.24) is 9.97 Å². The molecule has 1 aromatic heterocycles. The van der Waals surface area contributed by atoms with Crippen LogP contribution in [0.4, 0.5) is 11.8 Å². The molecule has 0 aliphatic heterocycles. The Morgan fingerprint density at radius 2 is 2.09 bits per heavy atom. The van der Waals surface area contributed by atoms with E-state index in [1.54, 1.807) is 30.5 Å². The fourth-order valence-electron chi connectivity index (χ4n) is 2.76. The molecule has 1 fully saturated rings. The third kappa shape index (κ3) is 4.03. The van der Waals surface area contributed by atoms with Crippen LogP contribution >= 0.6 is 11.6 Å². The van der Waals surface area contributed by atoms with Gasteiger partial charge in [-0.25, -0.2) is 4.98 Å². The van der Waals surface area contributed by atoms with Crippen molar-refractivity contribution in [1.29, 1.82) is 0 Å². The zero-order valence-corrected chi connectivity index (χ0v) is 13.3. The highest BCUT2D eigenvalue weighted by molar-refractivity contribution is 6.30. The first-order valence-electron chi connectivity index (χ1n) is 7.57. The van der Waals surface area contributed by atoms with E-state index in [1.165, 1.54) is 0 Å². The van der Waals surface area contributed by atoms with Crippen LogP contribution in [-0.4, -0.2) is 27.7 Å². The van der Waals surface area contributed by atoms with E-state index in [4.69, 9.17) is 22.1 Å².